The molecule has 1 saturated heterocycles. The first-order valence-electron chi connectivity index (χ1n) is 10.2. The Balaban J connectivity index is 1.37. The maximum atomic E-state index is 14.3. The topological polar surface area (TPSA) is 78.9 Å². The molecule has 1 atom stereocenters. The molecule has 0 unspecified atom stereocenters. The molecule has 0 saturated carbocycles. The number of carbonyl (C=O) groups excluding carboxylic acids is 1. The van der Waals surface area contributed by atoms with Crippen LogP contribution in [0.5, 0.6) is 0 Å². The van der Waals surface area contributed by atoms with Crippen molar-refractivity contribution in [2.45, 2.75) is 19.4 Å². The Hall–Kier alpha value is -3.46. The molecule has 0 bridgehead atoms. The summed E-state index contributed by atoms with van der Waals surface area (Å²) in [6.45, 7) is 3.63. The highest BCUT2D eigenvalue weighted by atomic mass is 19.1. The zero-order valence-corrected chi connectivity index (χ0v) is 17.6. The fourth-order valence-corrected chi connectivity index (χ4v) is 4.01. The van der Waals surface area contributed by atoms with Crippen LogP contribution in [0.1, 0.15) is 22.7 Å². The van der Waals surface area contributed by atoms with E-state index in [1.807, 2.05) is 12.1 Å². The van der Waals surface area contributed by atoms with E-state index in [4.69, 9.17) is 4.42 Å². The molecule has 1 aliphatic heterocycles. The summed E-state index contributed by atoms with van der Waals surface area (Å²) in [5, 5.41) is 2.68. The first kappa shape index (κ1) is 19.5. The van der Waals surface area contributed by atoms with Crippen LogP contribution < -0.4 is 10.2 Å². The minimum absolute atomic E-state index is 0.120. The number of halogens is 1. The number of carbonyl (C=O) groups is 1. The SMILES string of the molecule is Cc1cn2cc(NC(=O)c3cc4nc(N5CC[C@H](N(C)C)C5)ccc4o3)cc(F)c2n1. The Bertz CT molecular complexity index is 1290. The van der Waals surface area contributed by atoms with Gasteiger partial charge in [0.1, 0.15) is 11.3 Å². The van der Waals surface area contributed by atoms with Crippen LogP contribution in [-0.2, 0) is 0 Å². The molecule has 160 valence electrons. The minimum atomic E-state index is -0.511. The number of fused-ring (bicyclic) bond motifs is 2. The van der Waals surface area contributed by atoms with Crippen molar-refractivity contribution in [2.24, 2.45) is 0 Å². The van der Waals surface area contributed by atoms with Crippen molar-refractivity contribution < 1.29 is 13.6 Å². The van der Waals surface area contributed by atoms with Gasteiger partial charge in [-0.25, -0.2) is 14.4 Å². The van der Waals surface area contributed by atoms with Gasteiger partial charge in [0.2, 0.25) is 0 Å². The molecule has 0 radical (unpaired) electrons. The number of nitrogens with one attached hydrogen (secondary N) is 1. The van der Waals surface area contributed by atoms with E-state index in [2.05, 4.69) is 39.2 Å². The molecular weight excluding hydrogens is 399 g/mol. The number of hydrogen-bond donors (Lipinski definition) is 1. The van der Waals surface area contributed by atoms with Crippen LogP contribution in [0.2, 0.25) is 0 Å². The van der Waals surface area contributed by atoms with Gasteiger partial charge in [-0.1, -0.05) is 0 Å². The lowest BCUT2D eigenvalue weighted by atomic mass is 10.2. The summed E-state index contributed by atoms with van der Waals surface area (Å²) in [6.07, 6.45) is 4.40. The lowest BCUT2D eigenvalue weighted by molar-refractivity contribution is 0.0998. The zero-order valence-electron chi connectivity index (χ0n) is 17.6. The van der Waals surface area contributed by atoms with E-state index in [0.717, 1.165) is 25.3 Å². The minimum Gasteiger partial charge on any atom is -0.449 e. The second-order valence-corrected chi connectivity index (χ2v) is 8.16. The summed E-state index contributed by atoms with van der Waals surface area (Å²) in [5.74, 6) is 0.00889. The number of aromatic nitrogens is 3. The van der Waals surface area contributed by atoms with Crippen molar-refractivity contribution in [1.82, 2.24) is 19.3 Å². The largest absolute Gasteiger partial charge is 0.449 e. The summed E-state index contributed by atoms with van der Waals surface area (Å²) in [5.41, 5.74) is 2.37. The number of anilines is 2. The van der Waals surface area contributed by atoms with Gasteiger partial charge < -0.3 is 23.9 Å². The third-order valence-corrected chi connectivity index (χ3v) is 5.69. The van der Waals surface area contributed by atoms with Crippen LogP contribution in [0.15, 0.2) is 41.1 Å². The van der Waals surface area contributed by atoms with Gasteiger partial charge in [-0.15, -0.1) is 0 Å². The molecule has 5 rings (SSSR count). The van der Waals surface area contributed by atoms with Gasteiger partial charge in [0.25, 0.3) is 5.91 Å². The normalized spacial score (nSPS) is 16.7. The number of imidazole rings is 1. The summed E-state index contributed by atoms with van der Waals surface area (Å²) in [6, 6.07) is 7.10. The maximum absolute atomic E-state index is 14.3. The summed E-state index contributed by atoms with van der Waals surface area (Å²) < 4.78 is 21.5. The third-order valence-electron chi connectivity index (χ3n) is 5.69. The molecule has 0 aliphatic carbocycles. The second-order valence-electron chi connectivity index (χ2n) is 8.16. The molecule has 4 aromatic rings. The van der Waals surface area contributed by atoms with Crippen molar-refractivity contribution in [3.8, 4) is 0 Å². The molecule has 8 nitrogen and oxygen atoms in total. The lowest BCUT2D eigenvalue weighted by Crippen LogP contribution is -2.31. The fraction of sp³-hybridized carbons (Fsp3) is 0.318. The van der Waals surface area contributed by atoms with E-state index in [0.29, 0.717) is 28.5 Å². The zero-order chi connectivity index (χ0) is 21.7. The van der Waals surface area contributed by atoms with Crippen molar-refractivity contribution in [1.29, 1.82) is 0 Å². The summed E-state index contributed by atoms with van der Waals surface area (Å²) >= 11 is 0. The first-order chi connectivity index (χ1) is 14.9. The predicted molar refractivity (Wildman–Crippen MR) is 116 cm³/mol. The van der Waals surface area contributed by atoms with Gasteiger partial charge in [0.05, 0.1) is 11.4 Å². The monoisotopic (exact) mass is 422 g/mol. The average Bonchev–Trinajstić information content (AvgIpc) is 3.44. The number of pyridine rings is 2. The molecule has 1 amide bonds. The Morgan fingerprint density at radius 1 is 1.26 bits per heavy atom. The van der Waals surface area contributed by atoms with Crippen LogP contribution in [0.4, 0.5) is 15.9 Å². The van der Waals surface area contributed by atoms with E-state index in [1.165, 1.54) is 6.07 Å². The number of hydrogen-bond acceptors (Lipinski definition) is 6. The van der Waals surface area contributed by atoms with Gasteiger partial charge in [-0.3, -0.25) is 4.79 Å². The number of aryl methyl sites for hydroxylation is 1. The smallest absolute Gasteiger partial charge is 0.291 e. The third kappa shape index (κ3) is 3.61. The van der Waals surface area contributed by atoms with Gasteiger partial charge >= 0.3 is 0 Å². The van der Waals surface area contributed by atoms with Crippen LogP contribution in [0, 0.1) is 12.7 Å². The number of nitrogens with zero attached hydrogens (tertiary/aromatic N) is 5. The van der Waals surface area contributed by atoms with Crippen molar-refractivity contribution in [3.63, 3.8) is 0 Å². The molecule has 1 aliphatic rings. The van der Waals surface area contributed by atoms with Gasteiger partial charge in [-0.2, -0.15) is 0 Å². The molecular formula is C22H23FN6O2. The second kappa shape index (κ2) is 7.35. The predicted octanol–water partition coefficient (Wildman–Crippen LogP) is 3.32. The number of furan rings is 1. The van der Waals surface area contributed by atoms with Gasteiger partial charge in [0.15, 0.2) is 22.8 Å². The highest BCUT2D eigenvalue weighted by Crippen LogP contribution is 2.26. The highest BCUT2D eigenvalue weighted by Gasteiger charge is 2.25. The van der Waals surface area contributed by atoms with Crippen molar-refractivity contribution >= 4 is 34.2 Å². The molecule has 31 heavy (non-hydrogen) atoms. The fourth-order valence-electron chi connectivity index (χ4n) is 4.01. The van der Waals surface area contributed by atoms with E-state index in [9.17, 15) is 9.18 Å². The molecule has 0 aromatic carbocycles. The van der Waals surface area contributed by atoms with E-state index in [-0.39, 0.29) is 11.4 Å². The van der Waals surface area contributed by atoms with E-state index < -0.39 is 11.7 Å². The summed E-state index contributed by atoms with van der Waals surface area (Å²) in [7, 11) is 4.17. The van der Waals surface area contributed by atoms with E-state index >= 15 is 0 Å². The van der Waals surface area contributed by atoms with E-state index in [1.54, 1.807) is 29.8 Å². The van der Waals surface area contributed by atoms with Gasteiger partial charge in [-0.05, 0) is 39.6 Å². The maximum Gasteiger partial charge on any atom is 0.291 e. The van der Waals surface area contributed by atoms with Crippen LogP contribution in [-0.4, -0.2) is 58.4 Å². The molecule has 1 N–H and O–H groups in total. The molecule has 1 fully saturated rings. The number of rotatable bonds is 4. The van der Waals surface area contributed by atoms with Gasteiger partial charge in [0, 0.05) is 43.7 Å². The van der Waals surface area contributed by atoms with Crippen molar-refractivity contribution in [3.05, 3.63) is 53.9 Å². The number of amides is 1. The lowest BCUT2D eigenvalue weighted by Gasteiger charge is -2.20. The Morgan fingerprint density at radius 3 is 2.87 bits per heavy atom. The van der Waals surface area contributed by atoms with Crippen molar-refractivity contribution in [2.75, 3.05) is 37.4 Å². The van der Waals surface area contributed by atoms with Crippen LogP contribution in [0.3, 0.4) is 0 Å². The quantitative estimate of drug-likeness (QED) is 0.544. The molecule has 9 heteroatoms. The first-order valence-corrected chi connectivity index (χ1v) is 10.2. The number of likely N-dealkylation sites (N-methyl/N-ethyl adjacent to an activating group) is 1. The van der Waals surface area contributed by atoms with Crippen LogP contribution in [0.25, 0.3) is 16.7 Å². The van der Waals surface area contributed by atoms with Crippen LogP contribution >= 0.6 is 0 Å². The highest BCUT2D eigenvalue weighted by molar-refractivity contribution is 6.04. The Kier molecular flexibility index (Phi) is 4.62. The standard InChI is InChI=1S/C22H23FN6O2/c1-13-10-29-11-14(8-16(23)21(29)24-13)25-22(30)19-9-17-18(31-19)4-5-20(26-17)28-7-6-15(12-28)27(2)3/h4-5,8-11,15H,6-7,12H2,1-3H3,(H,25,30)/t15-/m0/s1. The Labute approximate surface area is 178 Å². The molecule has 5 heterocycles. The summed E-state index contributed by atoms with van der Waals surface area (Å²) in [4.78, 5) is 26.0. The molecule has 4 aromatic heterocycles. The Morgan fingerprint density at radius 2 is 2.10 bits per heavy atom. The average molecular weight is 422 g/mol. The molecule has 0 spiro atoms.